The normalized spacial score (nSPS) is 14.7. The molecule has 8 heteroatoms. The Labute approximate surface area is 156 Å². The van der Waals surface area contributed by atoms with Crippen LogP contribution >= 0.6 is 11.3 Å². The zero-order chi connectivity index (χ0) is 18.7. The van der Waals surface area contributed by atoms with Gasteiger partial charge in [-0.1, -0.05) is 18.2 Å². The zero-order valence-corrected chi connectivity index (χ0v) is 15.9. The van der Waals surface area contributed by atoms with E-state index in [4.69, 9.17) is 4.74 Å². The van der Waals surface area contributed by atoms with Crippen LogP contribution in [0.4, 0.5) is 0 Å². The van der Waals surface area contributed by atoms with Crippen LogP contribution in [-0.2, 0) is 32.4 Å². The van der Waals surface area contributed by atoms with Crippen molar-refractivity contribution in [1.82, 2.24) is 4.72 Å². The number of hydrogen-bond acceptors (Lipinski definition) is 6. The van der Waals surface area contributed by atoms with Gasteiger partial charge in [-0.05, 0) is 54.8 Å². The molecule has 1 aromatic heterocycles. The Balaban J connectivity index is 1.56. The Morgan fingerprint density at radius 2 is 2.00 bits per heavy atom. The molecule has 0 spiro atoms. The molecule has 0 bridgehead atoms. The van der Waals surface area contributed by atoms with Gasteiger partial charge < -0.3 is 4.74 Å². The fraction of sp³-hybridized carbons (Fsp3) is 0.333. The number of nitrogens with one attached hydrogen (secondary N) is 1. The van der Waals surface area contributed by atoms with Gasteiger partial charge in [-0.2, -0.15) is 4.72 Å². The number of carbonyl (C=O) groups excluding carboxylic acids is 2. The van der Waals surface area contributed by atoms with Crippen LogP contribution < -0.4 is 4.72 Å². The minimum Gasteiger partial charge on any atom is -0.453 e. The summed E-state index contributed by atoms with van der Waals surface area (Å²) in [6, 6.07) is 8.59. The molecule has 0 saturated carbocycles. The highest BCUT2D eigenvalue weighted by Crippen LogP contribution is 2.23. The highest BCUT2D eigenvalue weighted by atomic mass is 32.2. The molecule has 2 aromatic rings. The topological polar surface area (TPSA) is 89.5 Å². The predicted octanol–water partition coefficient (Wildman–Crippen LogP) is 2.33. The van der Waals surface area contributed by atoms with Crippen molar-refractivity contribution in [3.05, 3.63) is 52.4 Å². The molecule has 1 aromatic carbocycles. The van der Waals surface area contributed by atoms with Crippen LogP contribution in [0.5, 0.6) is 0 Å². The Hall–Kier alpha value is -2.03. The van der Waals surface area contributed by atoms with Crippen molar-refractivity contribution in [3.63, 3.8) is 0 Å². The van der Waals surface area contributed by atoms with Crippen LogP contribution in [0.15, 0.2) is 39.9 Å². The van der Waals surface area contributed by atoms with E-state index < -0.39 is 28.6 Å². The van der Waals surface area contributed by atoms with Crippen molar-refractivity contribution in [3.8, 4) is 0 Å². The molecule has 0 radical (unpaired) electrons. The lowest BCUT2D eigenvalue weighted by molar-refractivity contribution is -0.144. The number of carbonyl (C=O) groups is 2. The standard InChI is InChI=1S/C18H19NO5S2/c1-12(18(21)15-8-7-13-4-2-5-14(13)10-15)24-16(20)11-19-26(22,23)17-6-3-9-25-17/h3,6-10,12,19H,2,4-5,11H2,1H3. The molecule has 138 valence electrons. The minimum atomic E-state index is -3.74. The lowest BCUT2D eigenvalue weighted by atomic mass is 10.0. The first-order valence-corrected chi connectivity index (χ1v) is 10.6. The summed E-state index contributed by atoms with van der Waals surface area (Å²) in [5.74, 6) is -1.10. The maximum absolute atomic E-state index is 12.5. The van der Waals surface area contributed by atoms with Gasteiger partial charge in [-0.25, -0.2) is 8.42 Å². The summed E-state index contributed by atoms with van der Waals surface area (Å²) in [6.45, 7) is 0.962. The molecule has 1 aliphatic carbocycles. The second-order valence-electron chi connectivity index (χ2n) is 6.09. The van der Waals surface area contributed by atoms with Crippen molar-refractivity contribution in [2.24, 2.45) is 0 Å². The quantitative estimate of drug-likeness (QED) is 0.576. The monoisotopic (exact) mass is 393 g/mol. The number of thiophene rings is 1. The molecule has 0 aliphatic heterocycles. The third kappa shape index (κ3) is 4.20. The van der Waals surface area contributed by atoms with Crippen molar-refractivity contribution in [1.29, 1.82) is 0 Å². The van der Waals surface area contributed by atoms with Gasteiger partial charge in [-0.15, -0.1) is 11.3 Å². The van der Waals surface area contributed by atoms with Crippen molar-refractivity contribution in [2.45, 2.75) is 36.5 Å². The van der Waals surface area contributed by atoms with Gasteiger partial charge in [0.05, 0.1) is 0 Å². The van der Waals surface area contributed by atoms with Gasteiger partial charge in [0.15, 0.2) is 6.10 Å². The summed E-state index contributed by atoms with van der Waals surface area (Å²) in [7, 11) is -3.74. The number of esters is 1. The molecule has 1 N–H and O–H groups in total. The van der Waals surface area contributed by atoms with Crippen molar-refractivity contribution in [2.75, 3.05) is 6.54 Å². The van der Waals surface area contributed by atoms with E-state index in [9.17, 15) is 18.0 Å². The van der Waals surface area contributed by atoms with Crippen LogP contribution in [0.3, 0.4) is 0 Å². The van der Waals surface area contributed by atoms with Gasteiger partial charge in [0.2, 0.25) is 5.78 Å². The van der Waals surface area contributed by atoms with E-state index in [0.717, 1.165) is 36.2 Å². The highest BCUT2D eigenvalue weighted by molar-refractivity contribution is 7.91. The number of ketones is 1. The van der Waals surface area contributed by atoms with Crippen LogP contribution in [-0.4, -0.2) is 32.8 Å². The second kappa shape index (κ2) is 7.69. The second-order valence-corrected chi connectivity index (χ2v) is 9.03. The fourth-order valence-electron chi connectivity index (χ4n) is 2.89. The van der Waals surface area contributed by atoms with E-state index in [1.807, 2.05) is 12.1 Å². The van der Waals surface area contributed by atoms with Crippen molar-refractivity contribution < 1.29 is 22.7 Å². The Morgan fingerprint density at radius 1 is 1.23 bits per heavy atom. The number of ether oxygens (including phenoxy) is 1. The van der Waals surface area contributed by atoms with Crippen LogP contribution in [0.2, 0.25) is 0 Å². The molecular formula is C18H19NO5S2. The van der Waals surface area contributed by atoms with Gasteiger partial charge in [0.25, 0.3) is 10.0 Å². The smallest absolute Gasteiger partial charge is 0.321 e. The summed E-state index contributed by atoms with van der Waals surface area (Å²) in [6.07, 6.45) is 2.09. The number of benzene rings is 1. The average Bonchev–Trinajstić information content (AvgIpc) is 3.30. The maximum atomic E-state index is 12.5. The van der Waals surface area contributed by atoms with Crippen LogP contribution in [0, 0.1) is 0 Å². The summed E-state index contributed by atoms with van der Waals surface area (Å²) >= 11 is 1.05. The first-order valence-electron chi connectivity index (χ1n) is 8.25. The van der Waals surface area contributed by atoms with Crippen LogP contribution in [0.1, 0.15) is 34.8 Å². The van der Waals surface area contributed by atoms with Crippen molar-refractivity contribution >= 4 is 33.1 Å². The Bertz CT molecular complexity index is 919. The molecule has 0 fully saturated rings. The molecule has 3 rings (SSSR count). The number of fused-ring (bicyclic) bond motifs is 1. The first kappa shape index (κ1) is 18.8. The number of hydrogen-bond donors (Lipinski definition) is 1. The van der Waals surface area contributed by atoms with Gasteiger partial charge in [0, 0.05) is 5.56 Å². The van der Waals surface area contributed by atoms with Gasteiger partial charge in [0.1, 0.15) is 10.8 Å². The van der Waals surface area contributed by atoms with E-state index in [0.29, 0.717) is 5.56 Å². The molecule has 1 atom stereocenters. The third-order valence-corrected chi connectivity index (χ3v) is 7.03. The average molecular weight is 393 g/mol. The van der Waals surface area contributed by atoms with E-state index in [1.165, 1.54) is 18.6 Å². The fourth-order valence-corrected chi connectivity index (χ4v) is 4.90. The number of sulfonamides is 1. The Kier molecular flexibility index (Phi) is 5.55. The lowest BCUT2D eigenvalue weighted by Crippen LogP contribution is -2.33. The van der Waals surface area contributed by atoms with E-state index in [-0.39, 0.29) is 9.99 Å². The predicted molar refractivity (Wildman–Crippen MR) is 97.9 cm³/mol. The van der Waals surface area contributed by atoms with Gasteiger partial charge in [-0.3, -0.25) is 9.59 Å². The first-order chi connectivity index (χ1) is 12.4. The zero-order valence-electron chi connectivity index (χ0n) is 14.2. The molecule has 1 heterocycles. The largest absolute Gasteiger partial charge is 0.453 e. The van der Waals surface area contributed by atoms with E-state index in [1.54, 1.807) is 17.5 Å². The summed E-state index contributed by atoms with van der Waals surface area (Å²) in [5.41, 5.74) is 2.93. The van der Waals surface area contributed by atoms with E-state index in [2.05, 4.69) is 4.72 Å². The highest BCUT2D eigenvalue weighted by Gasteiger charge is 2.23. The molecule has 0 saturated heterocycles. The molecule has 1 aliphatic rings. The number of rotatable bonds is 7. The Morgan fingerprint density at radius 3 is 2.73 bits per heavy atom. The van der Waals surface area contributed by atoms with E-state index >= 15 is 0 Å². The summed E-state index contributed by atoms with van der Waals surface area (Å²) in [4.78, 5) is 24.3. The molecular weight excluding hydrogens is 374 g/mol. The summed E-state index contributed by atoms with van der Waals surface area (Å²) < 4.78 is 31.3. The minimum absolute atomic E-state index is 0.118. The molecule has 6 nitrogen and oxygen atoms in total. The number of Topliss-reactive ketones (excluding diaryl/α,β-unsaturated/α-hetero) is 1. The van der Waals surface area contributed by atoms with Crippen LogP contribution in [0.25, 0.3) is 0 Å². The molecule has 0 amide bonds. The summed E-state index contributed by atoms with van der Waals surface area (Å²) in [5, 5.41) is 1.63. The molecule has 1 unspecified atom stereocenters. The third-order valence-electron chi connectivity index (χ3n) is 4.23. The number of aryl methyl sites for hydroxylation is 2. The maximum Gasteiger partial charge on any atom is 0.321 e. The lowest BCUT2D eigenvalue weighted by Gasteiger charge is -2.13. The van der Waals surface area contributed by atoms with Gasteiger partial charge >= 0.3 is 5.97 Å². The molecule has 26 heavy (non-hydrogen) atoms. The SMILES string of the molecule is CC(OC(=O)CNS(=O)(=O)c1cccs1)C(=O)c1ccc2c(c1)CCC2.